The van der Waals surface area contributed by atoms with E-state index in [-0.39, 0.29) is 18.0 Å². The van der Waals surface area contributed by atoms with Crippen LogP contribution in [0.4, 0.5) is 0 Å². The van der Waals surface area contributed by atoms with Gasteiger partial charge >= 0.3 is 0 Å². The number of furan rings is 1. The van der Waals surface area contributed by atoms with E-state index in [1.165, 1.54) is 10.9 Å². The number of nitrogens with zero attached hydrogens (tertiary/aromatic N) is 3. The first-order chi connectivity index (χ1) is 20.3. The lowest BCUT2D eigenvalue weighted by atomic mass is 10.2. The molecule has 0 saturated heterocycles. The molecule has 42 heavy (non-hydrogen) atoms. The molecule has 210 valence electrons. The first-order valence-electron chi connectivity index (χ1n) is 12.5. The molecule has 0 N–H and O–H groups in total. The van der Waals surface area contributed by atoms with Gasteiger partial charge in [-0.15, -0.1) is 0 Å². The average molecular weight is 728 g/mol. The molecule has 0 fully saturated rings. The lowest BCUT2D eigenvalue weighted by Gasteiger charge is -2.16. The quantitative estimate of drug-likeness (QED) is 0.153. The molecule has 0 bridgehead atoms. The van der Waals surface area contributed by atoms with E-state index in [0.717, 1.165) is 10.9 Å². The summed E-state index contributed by atoms with van der Waals surface area (Å²) in [5, 5.41) is 6.94. The van der Waals surface area contributed by atoms with Gasteiger partial charge < -0.3 is 13.9 Å². The predicted octanol–water partition coefficient (Wildman–Crippen LogP) is 9.11. The maximum Gasteiger partial charge on any atom is 0.282 e. The van der Waals surface area contributed by atoms with Crippen LogP contribution in [0.1, 0.15) is 11.1 Å². The Bertz CT molecular complexity index is 2070. The molecule has 0 aliphatic carbocycles. The van der Waals surface area contributed by atoms with E-state index in [0.29, 0.717) is 58.3 Å². The minimum Gasteiger partial charge on any atom is -0.493 e. The Morgan fingerprint density at radius 3 is 2.60 bits per heavy atom. The highest BCUT2D eigenvalue weighted by molar-refractivity contribution is 9.13. The SMILES string of the molecule is COc1cc(C=Nn2c(-c3cc4cc(Cl)ccc4o3)nc3ccccc3c2=O)c(Br)c(Br)c1OCc1ccccc1Cl. The Hall–Kier alpha value is -3.63. The zero-order chi connectivity index (χ0) is 29.4. The maximum absolute atomic E-state index is 13.7. The topological polar surface area (TPSA) is 78.9 Å². The second kappa shape index (κ2) is 11.9. The number of rotatable bonds is 7. The molecule has 0 atom stereocenters. The Kier molecular flexibility index (Phi) is 8.09. The number of hydrogen-bond donors (Lipinski definition) is 0. The molecule has 11 heteroatoms. The molecule has 0 spiro atoms. The highest BCUT2D eigenvalue weighted by Crippen LogP contribution is 2.43. The second-order valence-electron chi connectivity index (χ2n) is 9.11. The molecule has 0 unspecified atom stereocenters. The standard InChI is InChI=1S/C31H19Br2Cl2N3O4/c1-40-25-14-19(27(32)28(33)29(25)41-16-17-6-2-4-8-22(17)35)15-36-38-30(37-23-9-5-3-7-21(23)31(38)39)26-13-18-12-20(34)10-11-24(18)42-26/h2-15H,16H2,1H3. The lowest BCUT2D eigenvalue weighted by molar-refractivity contribution is 0.282. The van der Waals surface area contributed by atoms with Crippen molar-refractivity contribution in [3.63, 3.8) is 0 Å². The van der Waals surface area contributed by atoms with Gasteiger partial charge in [-0.3, -0.25) is 4.79 Å². The zero-order valence-electron chi connectivity index (χ0n) is 21.8. The van der Waals surface area contributed by atoms with Gasteiger partial charge in [-0.1, -0.05) is 53.5 Å². The summed E-state index contributed by atoms with van der Waals surface area (Å²) in [6.45, 7) is 0.235. The molecule has 0 aliphatic heterocycles. The first kappa shape index (κ1) is 28.5. The van der Waals surface area contributed by atoms with Crippen LogP contribution >= 0.6 is 55.1 Å². The molecule has 4 aromatic carbocycles. The van der Waals surface area contributed by atoms with Crippen molar-refractivity contribution in [1.29, 1.82) is 0 Å². The van der Waals surface area contributed by atoms with Crippen molar-refractivity contribution in [3.05, 3.63) is 119 Å². The summed E-state index contributed by atoms with van der Waals surface area (Å²) >= 11 is 19.7. The number of aromatic nitrogens is 2. The highest BCUT2D eigenvalue weighted by atomic mass is 79.9. The van der Waals surface area contributed by atoms with Gasteiger partial charge in [-0.05, 0) is 80.4 Å². The van der Waals surface area contributed by atoms with Crippen molar-refractivity contribution in [1.82, 2.24) is 9.66 Å². The van der Waals surface area contributed by atoms with Crippen LogP contribution in [-0.2, 0) is 6.61 Å². The van der Waals surface area contributed by atoms with Crippen molar-refractivity contribution in [2.75, 3.05) is 7.11 Å². The molecule has 0 amide bonds. The minimum atomic E-state index is -0.354. The molecular formula is C31H19Br2Cl2N3O4. The van der Waals surface area contributed by atoms with Crippen molar-refractivity contribution < 1.29 is 13.9 Å². The van der Waals surface area contributed by atoms with E-state index in [1.54, 1.807) is 61.7 Å². The van der Waals surface area contributed by atoms with E-state index >= 15 is 0 Å². The van der Waals surface area contributed by atoms with Crippen molar-refractivity contribution in [2.45, 2.75) is 6.61 Å². The summed E-state index contributed by atoms with van der Waals surface area (Å²) in [6.07, 6.45) is 1.54. The fourth-order valence-electron chi connectivity index (χ4n) is 4.38. The van der Waals surface area contributed by atoms with Crippen LogP contribution in [0.3, 0.4) is 0 Å². The Morgan fingerprint density at radius 2 is 1.79 bits per heavy atom. The zero-order valence-corrected chi connectivity index (χ0v) is 26.5. The van der Waals surface area contributed by atoms with Crippen LogP contribution in [0.15, 0.2) is 102 Å². The summed E-state index contributed by atoms with van der Waals surface area (Å²) in [6, 6.07) is 23.4. The molecule has 6 rings (SSSR count). The minimum absolute atomic E-state index is 0.235. The van der Waals surface area contributed by atoms with Crippen LogP contribution in [-0.4, -0.2) is 23.0 Å². The predicted molar refractivity (Wildman–Crippen MR) is 173 cm³/mol. The van der Waals surface area contributed by atoms with E-state index in [1.807, 2.05) is 24.3 Å². The molecule has 6 aromatic rings. The van der Waals surface area contributed by atoms with Crippen LogP contribution < -0.4 is 15.0 Å². The summed E-state index contributed by atoms with van der Waals surface area (Å²) in [5.74, 6) is 1.54. The van der Waals surface area contributed by atoms with E-state index in [2.05, 4.69) is 37.0 Å². The first-order valence-corrected chi connectivity index (χ1v) is 14.9. The average Bonchev–Trinajstić information content (AvgIpc) is 3.42. The van der Waals surface area contributed by atoms with Gasteiger partial charge in [0.05, 0.1) is 28.7 Å². The molecule has 0 aliphatic rings. The summed E-state index contributed by atoms with van der Waals surface area (Å²) in [7, 11) is 1.54. The number of ether oxygens (including phenoxy) is 2. The molecule has 0 radical (unpaired) electrons. The Balaban J connectivity index is 1.43. The summed E-state index contributed by atoms with van der Waals surface area (Å²) in [4.78, 5) is 18.4. The van der Waals surface area contributed by atoms with Crippen LogP contribution in [0.5, 0.6) is 11.5 Å². The number of para-hydroxylation sites is 1. The Labute approximate surface area is 266 Å². The van der Waals surface area contributed by atoms with Crippen molar-refractivity contribution >= 4 is 83.1 Å². The van der Waals surface area contributed by atoms with Gasteiger partial charge in [-0.2, -0.15) is 9.78 Å². The molecule has 2 aromatic heterocycles. The smallest absolute Gasteiger partial charge is 0.282 e. The Morgan fingerprint density at radius 1 is 1.00 bits per heavy atom. The van der Waals surface area contributed by atoms with E-state index < -0.39 is 0 Å². The number of hydrogen-bond acceptors (Lipinski definition) is 6. The number of benzene rings is 4. The van der Waals surface area contributed by atoms with Gasteiger partial charge in [-0.25, -0.2) is 4.98 Å². The third-order valence-corrected chi connectivity index (χ3v) is 9.22. The van der Waals surface area contributed by atoms with Gasteiger partial charge in [0.1, 0.15) is 12.2 Å². The highest BCUT2D eigenvalue weighted by Gasteiger charge is 2.19. The van der Waals surface area contributed by atoms with Crippen LogP contribution in [0.25, 0.3) is 33.5 Å². The number of halogens is 4. The molecule has 2 heterocycles. The number of methoxy groups -OCH3 is 1. The third-order valence-electron chi connectivity index (χ3n) is 6.47. The summed E-state index contributed by atoms with van der Waals surface area (Å²) in [5.41, 5.74) is 2.22. The van der Waals surface area contributed by atoms with Gasteiger partial charge in [0.15, 0.2) is 17.3 Å². The van der Waals surface area contributed by atoms with Gasteiger partial charge in [0, 0.05) is 31.0 Å². The lowest BCUT2D eigenvalue weighted by Crippen LogP contribution is -2.20. The largest absolute Gasteiger partial charge is 0.493 e. The van der Waals surface area contributed by atoms with Crippen molar-refractivity contribution in [2.24, 2.45) is 5.10 Å². The van der Waals surface area contributed by atoms with Gasteiger partial charge in [0.2, 0.25) is 5.82 Å². The fourth-order valence-corrected chi connectivity index (χ4v) is 5.69. The fraction of sp³-hybridized carbons (Fsp3) is 0.0645. The maximum atomic E-state index is 13.7. The summed E-state index contributed by atoms with van der Waals surface area (Å²) < 4.78 is 20.2. The molecule has 0 saturated carbocycles. The number of fused-ring (bicyclic) bond motifs is 2. The van der Waals surface area contributed by atoms with E-state index in [4.69, 9.17) is 42.1 Å². The van der Waals surface area contributed by atoms with Crippen LogP contribution in [0.2, 0.25) is 10.0 Å². The van der Waals surface area contributed by atoms with Crippen molar-refractivity contribution in [3.8, 4) is 23.1 Å². The molecular weight excluding hydrogens is 709 g/mol. The second-order valence-corrected chi connectivity index (χ2v) is 11.5. The normalized spacial score (nSPS) is 11.5. The molecule has 7 nitrogen and oxygen atoms in total. The van der Waals surface area contributed by atoms with Crippen LogP contribution in [0, 0.1) is 0 Å². The third kappa shape index (κ3) is 5.45. The van der Waals surface area contributed by atoms with Gasteiger partial charge in [0.25, 0.3) is 5.56 Å². The van der Waals surface area contributed by atoms with E-state index in [9.17, 15) is 4.79 Å². The monoisotopic (exact) mass is 725 g/mol.